The number of nitrogens with one attached hydrogen (secondary N) is 1. The fraction of sp³-hybridized carbons (Fsp3) is 0.267. The number of nitrogens with zero attached hydrogens (tertiary/aromatic N) is 2. The lowest BCUT2D eigenvalue weighted by atomic mass is 10.1. The van der Waals surface area contributed by atoms with Gasteiger partial charge >= 0.3 is 0 Å². The normalized spacial score (nSPS) is 10.4. The van der Waals surface area contributed by atoms with Crippen LogP contribution in [0.5, 0.6) is 0 Å². The van der Waals surface area contributed by atoms with E-state index in [9.17, 15) is 4.39 Å². The van der Waals surface area contributed by atoms with Gasteiger partial charge in [-0.25, -0.2) is 9.37 Å². The van der Waals surface area contributed by atoms with Crippen molar-refractivity contribution in [3.63, 3.8) is 0 Å². The molecular formula is C15H18FN3. The molecule has 0 fully saturated rings. The third kappa shape index (κ3) is 3.44. The number of hydrogen-bond acceptors (Lipinski definition) is 2. The van der Waals surface area contributed by atoms with Gasteiger partial charge in [0, 0.05) is 19.3 Å². The first-order valence-electron chi connectivity index (χ1n) is 6.32. The van der Waals surface area contributed by atoms with Crippen LogP contribution in [-0.2, 0) is 13.0 Å². The minimum atomic E-state index is -0.157. The molecule has 0 aliphatic carbocycles. The number of aromatic nitrogens is 2. The van der Waals surface area contributed by atoms with E-state index < -0.39 is 0 Å². The molecule has 0 atom stereocenters. The number of aryl methyl sites for hydroxylation is 1. The molecule has 1 heterocycles. The molecule has 4 heteroatoms. The molecule has 2 rings (SSSR count). The highest BCUT2D eigenvalue weighted by atomic mass is 19.1. The molecule has 100 valence electrons. The molecule has 0 saturated carbocycles. The first-order valence-corrected chi connectivity index (χ1v) is 6.32. The molecule has 0 spiro atoms. The van der Waals surface area contributed by atoms with Crippen LogP contribution < -0.4 is 5.32 Å². The van der Waals surface area contributed by atoms with Gasteiger partial charge in [-0.15, -0.1) is 6.58 Å². The zero-order valence-corrected chi connectivity index (χ0v) is 11.1. The van der Waals surface area contributed by atoms with Gasteiger partial charge in [0.25, 0.3) is 0 Å². The van der Waals surface area contributed by atoms with Gasteiger partial charge in [-0.05, 0) is 25.0 Å². The maximum absolute atomic E-state index is 13.5. The molecule has 0 unspecified atom stereocenters. The highest BCUT2D eigenvalue weighted by Crippen LogP contribution is 2.10. The molecule has 1 aromatic carbocycles. The predicted molar refractivity (Wildman–Crippen MR) is 75.8 cm³/mol. The van der Waals surface area contributed by atoms with E-state index in [4.69, 9.17) is 0 Å². The zero-order chi connectivity index (χ0) is 13.7. The quantitative estimate of drug-likeness (QED) is 0.807. The number of halogens is 1. The Bertz CT molecular complexity index is 560. The van der Waals surface area contributed by atoms with E-state index in [2.05, 4.69) is 16.9 Å². The summed E-state index contributed by atoms with van der Waals surface area (Å²) in [5.41, 5.74) is 1.67. The van der Waals surface area contributed by atoms with E-state index in [0.717, 1.165) is 11.6 Å². The lowest BCUT2D eigenvalue weighted by molar-refractivity contribution is 0.610. The molecule has 2 aromatic rings. The summed E-state index contributed by atoms with van der Waals surface area (Å²) in [6.07, 6.45) is 4.42. The van der Waals surface area contributed by atoms with E-state index in [1.807, 2.05) is 29.8 Å². The van der Waals surface area contributed by atoms with Gasteiger partial charge in [-0.3, -0.25) is 0 Å². The Labute approximate surface area is 112 Å². The molecule has 19 heavy (non-hydrogen) atoms. The van der Waals surface area contributed by atoms with Gasteiger partial charge in [0.2, 0.25) is 5.95 Å². The first-order chi connectivity index (χ1) is 9.20. The number of allylic oxidation sites excluding steroid dienone is 1. The number of hydrogen-bond donors (Lipinski definition) is 1. The standard InChI is InChI=1S/C15H18FN3/c1-3-10-19-11-12(2)18-15(19)17-9-8-13-6-4-5-7-14(13)16/h3-7,11H,1,8-10H2,2H3,(H,17,18). The monoisotopic (exact) mass is 259 g/mol. The van der Waals surface area contributed by atoms with Crippen molar-refractivity contribution in [1.82, 2.24) is 9.55 Å². The van der Waals surface area contributed by atoms with Crippen molar-refractivity contribution in [2.24, 2.45) is 0 Å². The molecule has 0 aliphatic heterocycles. The van der Waals surface area contributed by atoms with Crippen LogP contribution in [0.2, 0.25) is 0 Å². The fourth-order valence-electron chi connectivity index (χ4n) is 1.98. The summed E-state index contributed by atoms with van der Waals surface area (Å²) in [5.74, 6) is 0.642. The molecular weight excluding hydrogens is 241 g/mol. The van der Waals surface area contributed by atoms with Crippen LogP contribution in [0.4, 0.5) is 10.3 Å². The maximum atomic E-state index is 13.5. The summed E-state index contributed by atoms with van der Waals surface area (Å²) >= 11 is 0. The summed E-state index contributed by atoms with van der Waals surface area (Å²) in [4.78, 5) is 4.39. The Hall–Kier alpha value is -2.10. The van der Waals surface area contributed by atoms with Crippen molar-refractivity contribution >= 4 is 5.95 Å². The van der Waals surface area contributed by atoms with Crippen molar-refractivity contribution in [3.05, 3.63) is 60.2 Å². The largest absolute Gasteiger partial charge is 0.355 e. The topological polar surface area (TPSA) is 29.9 Å². The van der Waals surface area contributed by atoms with Gasteiger partial charge in [0.05, 0.1) is 5.69 Å². The second kappa shape index (κ2) is 6.18. The third-order valence-corrected chi connectivity index (χ3v) is 2.86. The molecule has 3 nitrogen and oxygen atoms in total. The minimum Gasteiger partial charge on any atom is -0.355 e. The number of benzene rings is 1. The summed E-state index contributed by atoms with van der Waals surface area (Å²) in [5, 5.41) is 3.23. The van der Waals surface area contributed by atoms with Crippen LogP contribution in [0.1, 0.15) is 11.3 Å². The summed E-state index contributed by atoms with van der Waals surface area (Å²) < 4.78 is 15.4. The van der Waals surface area contributed by atoms with E-state index in [0.29, 0.717) is 25.1 Å². The number of rotatable bonds is 6. The van der Waals surface area contributed by atoms with Crippen molar-refractivity contribution in [1.29, 1.82) is 0 Å². The maximum Gasteiger partial charge on any atom is 0.203 e. The Kier molecular flexibility index (Phi) is 4.34. The third-order valence-electron chi connectivity index (χ3n) is 2.86. The van der Waals surface area contributed by atoms with Crippen molar-refractivity contribution in [2.45, 2.75) is 19.9 Å². The van der Waals surface area contributed by atoms with E-state index in [-0.39, 0.29) is 5.82 Å². The molecule has 0 aliphatic rings. The minimum absolute atomic E-state index is 0.157. The van der Waals surface area contributed by atoms with Gasteiger partial charge in [-0.2, -0.15) is 0 Å². The molecule has 0 amide bonds. The Morgan fingerprint density at radius 2 is 2.21 bits per heavy atom. The second-order valence-electron chi connectivity index (χ2n) is 4.42. The van der Waals surface area contributed by atoms with Gasteiger partial charge in [0.15, 0.2) is 0 Å². The highest BCUT2D eigenvalue weighted by Gasteiger charge is 2.05. The molecule has 1 N–H and O–H groups in total. The van der Waals surface area contributed by atoms with Crippen LogP contribution in [-0.4, -0.2) is 16.1 Å². The fourth-order valence-corrected chi connectivity index (χ4v) is 1.98. The molecule has 0 bridgehead atoms. The SMILES string of the molecule is C=CCn1cc(C)nc1NCCc1ccccc1F. The Morgan fingerprint density at radius 1 is 1.42 bits per heavy atom. The van der Waals surface area contributed by atoms with E-state index in [1.165, 1.54) is 6.07 Å². The number of anilines is 1. The van der Waals surface area contributed by atoms with Crippen LogP contribution in [0.15, 0.2) is 43.1 Å². The van der Waals surface area contributed by atoms with Gasteiger partial charge in [-0.1, -0.05) is 24.3 Å². The van der Waals surface area contributed by atoms with Crippen molar-refractivity contribution in [3.8, 4) is 0 Å². The van der Waals surface area contributed by atoms with Crippen LogP contribution in [0.25, 0.3) is 0 Å². The van der Waals surface area contributed by atoms with Gasteiger partial charge in [0.1, 0.15) is 5.82 Å². The van der Waals surface area contributed by atoms with E-state index >= 15 is 0 Å². The Morgan fingerprint density at radius 3 is 2.95 bits per heavy atom. The first kappa shape index (κ1) is 13.3. The summed E-state index contributed by atoms with van der Waals surface area (Å²) in [6.45, 7) is 7.02. The Balaban J connectivity index is 1.96. The van der Waals surface area contributed by atoms with Crippen LogP contribution >= 0.6 is 0 Å². The molecule has 0 radical (unpaired) electrons. The lowest BCUT2D eigenvalue weighted by Gasteiger charge is -2.08. The summed E-state index contributed by atoms with van der Waals surface area (Å²) in [6, 6.07) is 6.84. The van der Waals surface area contributed by atoms with E-state index in [1.54, 1.807) is 12.1 Å². The second-order valence-corrected chi connectivity index (χ2v) is 4.42. The average Bonchev–Trinajstić information content (AvgIpc) is 2.73. The molecule has 1 aromatic heterocycles. The molecule has 0 saturated heterocycles. The average molecular weight is 259 g/mol. The van der Waals surface area contributed by atoms with Crippen LogP contribution in [0, 0.1) is 12.7 Å². The predicted octanol–water partition coefficient (Wildman–Crippen LogP) is 3.17. The lowest BCUT2D eigenvalue weighted by Crippen LogP contribution is -2.10. The smallest absolute Gasteiger partial charge is 0.203 e. The number of imidazole rings is 1. The van der Waals surface area contributed by atoms with Crippen molar-refractivity contribution < 1.29 is 4.39 Å². The van der Waals surface area contributed by atoms with Gasteiger partial charge < -0.3 is 9.88 Å². The van der Waals surface area contributed by atoms with Crippen LogP contribution in [0.3, 0.4) is 0 Å². The zero-order valence-electron chi connectivity index (χ0n) is 11.1. The summed E-state index contributed by atoms with van der Waals surface area (Å²) in [7, 11) is 0. The highest BCUT2D eigenvalue weighted by molar-refractivity contribution is 5.30. The van der Waals surface area contributed by atoms with Crippen molar-refractivity contribution in [2.75, 3.05) is 11.9 Å².